The van der Waals surface area contributed by atoms with Crippen LogP contribution in [0.2, 0.25) is 0 Å². The highest BCUT2D eigenvalue weighted by atomic mass is 32.2. The van der Waals surface area contributed by atoms with Gasteiger partial charge >= 0.3 is 6.18 Å². The Morgan fingerprint density at radius 3 is 2.48 bits per heavy atom. The van der Waals surface area contributed by atoms with Gasteiger partial charge in [0, 0.05) is 18.2 Å². The molecule has 0 unspecified atom stereocenters. The monoisotopic (exact) mass is 409 g/mol. The van der Waals surface area contributed by atoms with Gasteiger partial charge in [-0.1, -0.05) is 6.42 Å². The molecule has 0 radical (unpaired) electrons. The first-order valence-corrected chi connectivity index (χ1v) is 10.0. The topological polar surface area (TPSA) is 101 Å². The van der Waals surface area contributed by atoms with Crippen LogP contribution in [0.25, 0.3) is 0 Å². The second-order valence-electron chi connectivity index (χ2n) is 6.96. The van der Waals surface area contributed by atoms with Gasteiger partial charge in [-0.05, 0) is 45.2 Å². The van der Waals surface area contributed by atoms with E-state index < -0.39 is 44.8 Å². The summed E-state index contributed by atoms with van der Waals surface area (Å²) in [5.41, 5.74) is -0.480. The minimum atomic E-state index is -4.30. The van der Waals surface area contributed by atoms with E-state index in [1.165, 1.54) is 12.1 Å². The highest BCUT2D eigenvalue weighted by Gasteiger charge is 2.42. The van der Waals surface area contributed by atoms with Gasteiger partial charge in [0.25, 0.3) is 5.69 Å². The van der Waals surface area contributed by atoms with Gasteiger partial charge in [0.05, 0.1) is 15.7 Å². The molecule has 11 heteroatoms. The SMILES string of the molecule is CC(C)NS(=O)(=O)c1ccc(N[C@H]2CCC[C@H](C(F)(F)F)C2)c([N+](=O)[O-])c1. The van der Waals surface area contributed by atoms with Crippen LogP contribution in [-0.4, -0.2) is 31.6 Å². The molecule has 2 rings (SSSR count). The second-order valence-corrected chi connectivity index (χ2v) is 8.67. The molecule has 7 nitrogen and oxygen atoms in total. The fraction of sp³-hybridized carbons (Fsp3) is 0.625. The van der Waals surface area contributed by atoms with E-state index in [1.54, 1.807) is 13.8 Å². The number of anilines is 1. The van der Waals surface area contributed by atoms with E-state index in [2.05, 4.69) is 10.0 Å². The summed E-state index contributed by atoms with van der Waals surface area (Å²) in [4.78, 5) is 10.3. The van der Waals surface area contributed by atoms with Crippen LogP contribution in [0.5, 0.6) is 0 Å². The smallest absolute Gasteiger partial charge is 0.377 e. The number of nitro groups is 1. The van der Waals surface area contributed by atoms with Crippen molar-refractivity contribution in [2.45, 2.75) is 62.7 Å². The summed E-state index contributed by atoms with van der Waals surface area (Å²) in [6.45, 7) is 3.23. The zero-order valence-electron chi connectivity index (χ0n) is 14.9. The molecule has 1 aliphatic rings. The van der Waals surface area contributed by atoms with Gasteiger partial charge in [0.1, 0.15) is 5.69 Å². The summed E-state index contributed by atoms with van der Waals surface area (Å²) in [6.07, 6.45) is -3.61. The van der Waals surface area contributed by atoms with Crippen LogP contribution in [0.4, 0.5) is 24.5 Å². The molecule has 0 heterocycles. The number of benzene rings is 1. The van der Waals surface area contributed by atoms with E-state index in [9.17, 15) is 31.7 Å². The van der Waals surface area contributed by atoms with Crippen molar-refractivity contribution in [2.24, 2.45) is 5.92 Å². The van der Waals surface area contributed by atoms with E-state index in [-0.39, 0.29) is 23.4 Å². The molecule has 0 bridgehead atoms. The molecule has 152 valence electrons. The van der Waals surface area contributed by atoms with Crippen molar-refractivity contribution in [3.05, 3.63) is 28.3 Å². The fourth-order valence-corrected chi connectivity index (χ4v) is 4.44. The lowest BCUT2D eigenvalue weighted by Gasteiger charge is -2.31. The third-order valence-corrected chi connectivity index (χ3v) is 6.02. The summed E-state index contributed by atoms with van der Waals surface area (Å²) in [5.74, 6) is -1.45. The predicted molar refractivity (Wildman–Crippen MR) is 94.0 cm³/mol. The average molecular weight is 409 g/mol. The van der Waals surface area contributed by atoms with Crippen molar-refractivity contribution in [2.75, 3.05) is 5.32 Å². The number of nitro benzene ring substituents is 1. The van der Waals surface area contributed by atoms with Crippen molar-refractivity contribution in [3.8, 4) is 0 Å². The van der Waals surface area contributed by atoms with E-state index in [0.717, 1.165) is 6.07 Å². The molecule has 1 aromatic carbocycles. The molecule has 0 aromatic heterocycles. The number of nitrogens with one attached hydrogen (secondary N) is 2. The predicted octanol–water partition coefficient (Wildman–Crippen LogP) is 3.81. The highest BCUT2D eigenvalue weighted by molar-refractivity contribution is 7.89. The maximum absolute atomic E-state index is 12.9. The van der Waals surface area contributed by atoms with Gasteiger partial charge < -0.3 is 5.32 Å². The van der Waals surface area contributed by atoms with Gasteiger partial charge in [-0.15, -0.1) is 0 Å². The maximum Gasteiger partial charge on any atom is 0.391 e. The summed E-state index contributed by atoms with van der Waals surface area (Å²) in [6, 6.07) is 2.37. The van der Waals surface area contributed by atoms with Crippen LogP contribution >= 0.6 is 0 Å². The number of hydrogen-bond acceptors (Lipinski definition) is 5. The zero-order chi connectivity index (χ0) is 20.4. The van der Waals surface area contributed by atoms with Gasteiger partial charge in [-0.2, -0.15) is 13.2 Å². The van der Waals surface area contributed by atoms with Crippen LogP contribution in [0.15, 0.2) is 23.1 Å². The van der Waals surface area contributed by atoms with Crippen LogP contribution in [0.1, 0.15) is 39.5 Å². The first kappa shape index (κ1) is 21.4. The summed E-state index contributed by atoms with van der Waals surface area (Å²) in [7, 11) is -3.92. The Morgan fingerprint density at radius 2 is 1.93 bits per heavy atom. The fourth-order valence-electron chi connectivity index (χ4n) is 3.17. The molecule has 1 aliphatic carbocycles. The van der Waals surface area contributed by atoms with Gasteiger partial charge in [-0.25, -0.2) is 13.1 Å². The van der Waals surface area contributed by atoms with Gasteiger partial charge in [0.15, 0.2) is 0 Å². The Hall–Kier alpha value is -1.88. The largest absolute Gasteiger partial charge is 0.391 e. The second kappa shape index (κ2) is 8.01. The van der Waals surface area contributed by atoms with Crippen LogP contribution in [0, 0.1) is 16.0 Å². The Balaban J connectivity index is 2.26. The number of alkyl halides is 3. The molecule has 2 N–H and O–H groups in total. The van der Waals surface area contributed by atoms with E-state index in [4.69, 9.17) is 0 Å². The molecule has 0 amide bonds. The van der Waals surface area contributed by atoms with E-state index in [0.29, 0.717) is 12.8 Å². The third-order valence-electron chi connectivity index (χ3n) is 4.36. The van der Waals surface area contributed by atoms with Gasteiger partial charge in [0.2, 0.25) is 10.0 Å². The van der Waals surface area contributed by atoms with Crippen molar-refractivity contribution >= 4 is 21.4 Å². The van der Waals surface area contributed by atoms with Crippen LogP contribution in [0.3, 0.4) is 0 Å². The summed E-state index contributed by atoms with van der Waals surface area (Å²) >= 11 is 0. The normalized spacial score (nSPS) is 21.3. The first-order chi connectivity index (χ1) is 12.4. The van der Waals surface area contributed by atoms with Crippen molar-refractivity contribution in [1.29, 1.82) is 0 Å². The molecule has 0 aliphatic heterocycles. The Kier molecular flexibility index (Phi) is 6.35. The molecule has 0 spiro atoms. The standard InChI is InChI=1S/C16H22F3N3O4S/c1-10(2)21-27(25,26)13-6-7-14(15(9-13)22(23)24)20-12-5-3-4-11(8-12)16(17,18)19/h6-7,9-12,20-21H,3-5,8H2,1-2H3/t11-,12-/m0/s1. The number of sulfonamides is 1. The first-order valence-electron chi connectivity index (χ1n) is 8.54. The maximum atomic E-state index is 12.9. The van der Waals surface area contributed by atoms with Crippen LogP contribution in [-0.2, 0) is 10.0 Å². The Labute approximate surface area is 155 Å². The Bertz CT molecular complexity index is 797. The summed E-state index contributed by atoms with van der Waals surface area (Å²) in [5, 5.41) is 14.2. The van der Waals surface area contributed by atoms with Crippen LogP contribution < -0.4 is 10.0 Å². The molecular formula is C16H22F3N3O4S. The van der Waals surface area contributed by atoms with E-state index >= 15 is 0 Å². The molecule has 1 fully saturated rings. The van der Waals surface area contributed by atoms with Crippen molar-refractivity contribution < 1.29 is 26.5 Å². The summed E-state index contributed by atoms with van der Waals surface area (Å²) < 4.78 is 65.5. The molecule has 1 aromatic rings. The zero-order valence-corrected chi connectivity index (χ0v) is 15.7. The minimum absolute atomic E-state index is 0.0105. The lowest BCUT2D eigenvalue weighted by atomic mass is 9.85. The Morgan fingerprint density at radius 1 is 1.26 bits per heavy atom. The highest BCUT2D eigenvalue weighted by Crippen LogP contribution is 2.39. The number of halogens is 3. The lowest BCUT2D eigenvalue weighted by Crippen LogP contribution is -2.34. The van der Waals surface area contributed by atoms with E-state index in [1.807, 2.05) is 0 Å². The molecular weight excluding hydrogens is 387 g/mol. The molecule has 1 saturated carbocycles. The minimum Gasteiger partial charge on any atom is -0.377 e. The molecule has 0 saturated heterocycles. The average Bonchev–Trinajstić information content (AvgIpc) is 2.53. The number of rotatable bonds is 6. The van der Waals surface area contributed by atoms with Gasteiger partial charge in [-0.3, -0.25) is 10.1 Å². The number of hydrogen-bond donors (Lipinski definition) is 2. The van der Waals surface area contributed by atoms with Crippen molar-refractivity contribution in [3.63, 3.8) is 0 Å². The quantitative estimate of drug-likeness (QED) is 0.549. The number of nitrogens with zero attached hydrogens (tertiary/aromatic N) is 1. The molecule has 2 atom stereocenters. The van der Waals surface area contributed by atoms with Crippen molar-refractivity contribution in [1.82, 2.24) is 4.72 Å². The lowest BCUT2D eigenvalue weighted by molar-refractivity contribution is -0.384. The third kappa shape index (κ3) is 5.55. The molecule has 27 heavy (non-hydrogen) atoms.